The maximum absolute atomic E-state index is 5.49. The third-order valence-corrected chi connectivity index (χ3v) is 26.9. The molecule has 0 aliphatic heterocycles. The largest absolute Gasteiger partial charge is 0.324 e. The molecule has 0 bridgehead atoms. The number of rotatable bonds is 90. The summed E-state index contributed by atoms with van der Waals surface area (Å²) in [5.74, 6) is 2.03. The third-order valence-electron chi connectivity index (χ3n) is 26.9. The molecular formula is C113H201N5. The van der Waals surface area contributed by atoms with Crippen LogP contribution in [0.2, 0.25) is 0 Å². The van der Waals surface area contributed by atoms with E-state index < -0.39 is 0 Å². The molecule has 0 atom stereocenters. The first-order valence-electron chi connectivity index (χ1n) is 54.1. The molecule has 118 heavy (non-hydrogen) atoms. The van der Waals surface area contributed by atoms with Gasteiger partial charge < -0.3 is 10.6 Å². The minimum atomic E-state index is 0.647. The van der Waals surface area contributed by atoms with E-state index in [1.807, 2.05) is 0 Å². The maximum Gasteiger partial charge on any atom is 0.232 e. The van der Waals surface area contributed by atoms with Crippen molar-refractivity contribution in [3.63, 3.8) is 0 Å². The summed E-state index contributed by atoms with van der Waals surface area (Å²) in [5.41, 5.74) is 14.4. The molecule has 0 aliphatic carbocycles. The highest BCUT2D eigenvalue weighted by Crippen LogP contribution is 2.34. The number of hydrogen-bond donors (Lipinski definition) is 2. The predicted octanol–water partition coefficient (Wildman–Crippen LogP) is 39.4. The third kappa shape index (κ3) is 58.4. The Morgan fingerprint density at radius 3 is 0.534 bits per heavy atom. The number of aromatic nitrogens is 3. The molecule has 4 rings (SSSR count). The van der Waals surface area contributed by atoms with Crippen molar-refractivity contribution in [2.24, 2.45) is 0 Å². The summed E-state index contributed by atoms with van der Waals surface area (Å²) in [7, 11) is 0. The number of nitrogens with one attached hydrogen (secondary N) is 2. The summed E-state index contributed by atoms with van der Waals surface area (Å²) in [6, 6.07) is 19.3. The molecule has 5 nitrogen and oxygen atoms in total. The minimum Gasteiger partial charge on any atom is -0.324 e. The van der Waals surface area contributed by atoms with E-state index in [4.69, 9.17) is 15.0 Å². The lowest BCUT2D eigenvalue weighted by atomic mass is 9.89. The minimum absolute atomic E-state index is 0.647. The SMILES string of the molecule is CCCCCCCCCCCCCCCc1cc(Nc2nc(Nc3cc(CCCCCCCCCCCCCCC)c(CCCCCCCCCCCCCCC)c(CCCCCCCCCCCCCCC)c3)nc(-c3ccc(CC)cc3)n2)cc(CCCCCCCCCCCCCCC)c1CCCCCCCCCCCCCCC. The van der Waals surface area contributed by atoms with Gasteiger partial charge >= 0.3 is 0 Å². The standard InChI is InChI=1S/C113H201N5/c1-8-15-21-27-33-39-45-51-57-63-69-75-81-87-103-97-107(98-104(88-82-76-70-64-58-52-46-40-34-28-22-16-9-2)109(103)91-85-79-73-67-61-55-49-43-37-31-25-19-12-5)114-112-116-111(102-95-93-101(14-7)94-96-102)117-113(118-112)115-108-99-105(89-83-77-71-65-59-53-47-41-35-29-23-17-10-3)110(92-86-80-74-68-62-56-50-44-38-32-26-20-13-6)106(100-108)90-84-78-72-66-60-54-48-42-36-30-24-18-11-4/h93-100H,8-92H2,1-7H3,(H2,114,115,116,117,118). The molecule has 0 fully saturated rings. The second-order valence-corrected chi connectivity index (χ2v) is 38.1. The van der Waals surface area contributed by atoms with E-state index in [0.29, 0.717) is 11.9 Å². The molecule has 0 aliphatic rings. The highest BCUT2D eigenvalue weighted by molar-refractivity contribution is 5.66. The van der Waals surface area contributed by atoms with Gasteiger partial charge in [-0.3, -0.25) is 0 Å². The van der Waals surface area contributed by atoms with E-state index >= 15 is 0 Å². The highest BCUT2D eigenvalue weighted by atomic mass is 15.2. The number of anilines is 4. The van der Waals surface area contributed by atoms with Crippen LogP contribution in [0.3, 0.4) is 0 Å². The van der Waals surface area contributed by atoms with E-state index in [0.717, 1.165) is 54.9 Å². The molecular weight excluding hydrogens is 1430 g/mol. The molecule has 5 heteroatoms. The number of hydrogen-bond acceptors (Lipinski definition) is 5. The van der Waals surface area contributed by atoms with Crippen LogP contribution in [0.4, 0.5) is 23.3 Å². The summed E-state index contributed by atoms with van der Waals surface area (Å²) >= 11 is 0. The molecule has 2 N–H and O–H groups in total. The van der Waals surface area contributed by atoms with Crippen molar-refractivity contribution in [3.8, 4) is 11.4 Å². The highest BCUT2D eigenvalue weighted by Gasteiger charge is 2.19. The van der Waals surface area contributed by atoms with Crippen LogP contribution >= 0.6 is 0 Å². The number of aryl methyl sites for hydroxylation is 5. The van der Waals surface area contributed by atoms with Gasteiger partial charge in [0, 0.05) is 16.9 Å². The van der Waals surface area contributed by atoms with Gasteiger partial charge in [0.25, 0.3) is 0 Å². The van der Waals surface area contributed by atoms with Crippen LogP contribution in [-0.2, 0) is 44.9 Å². The van der Waals surface area contributed by atoms with Crippen molar-refractivity contribution >= 4 is 23.3 Å². The van der Waals surface area contributed by atoms with Crippen LogP contribution in [0, 0.1) is 0 Å². The molecule has 0 amide bonds. The van der Waals surface area contributed by atoms with E-state index in [1.165, 1.54) is 519 Å². The molecule has 1 aromatic heterocycles. The summed E-state index contributed by atoms with van der Waals surface area (Å²) in [5, 5.41) is 8.02. The average molecular weight is 1630 g/mol. The van der Waals surface area contributed by atoms with E-state index in [-0.39, 0.29) is 0 Å². The van der Waals surface area contributed by atoms with Gasteiger partial charge in [-0.2, -0.15) is 15.0 Å². The Hall–Kier alpha value is -3.73. The lowest BCUT2D eigenvalue weighted by Gasteiger charge is -2.20. The lowest BCUT2D eigenvalue weighted by Crippen LogP contribution is -2.09. The number of nitrogens with zero attached hydrogens (tertiary/aromatic N) is 3. The van der Waals surface area contributed by atoms with Crippen LogP contribution in [0.1, 0.15) is 588 Å². The Morgan fingerprint density at radius 1 is 0.186 bits per heavy atom. The molecule has 0 saturated heterocycles. The normalized spacial score (nSPS) is 11.7. The van der Waals surface area contributed by atoms with Crippen molar-refractivity contribution in [1.29, 1.82) is 0 Å². The van der Waals surface area contributed by atoms with Gasteiger partial charge in [-0.25, -0.2) is 0 Å². The Balaban J connectivity index is 1.72. The molecule has 0 spiro atoms. The Kier molecular flexibility index (Phi) is 72.6. The Morgan fingerprint density at radius 2 is 0.356 bits per heavy atom. The fraction of sp³-hybridized carbons (Fsp3) is 0.814. The van der Waals surface area contributed by atoms with Gasteiger partial charge in [0.2, 0.25) is 11.9 Å². The molecule has 0 radical (unpaired) electrons. The molecule has 3 aromatic carbocycles. The van der Waals surface area contributed by atoms with Gasteiger partial charge in [0.1, 0.15) is 0 Å². The first kappa shape index (κ1) is 107. The molecule has 678 valence electrons. The molecule has 0 unspecified atom stereocenters. The second kappa shape index (κ2) is 80.4. The van der Waals surface area contributed by atoms with Crippen LogP contribution < -0.4 is 10.6 Å². The van der Waals surface area contributed by atoms with Gasteiger partial charge in [-0.1, -0.05) is 535 Å². The van der Waals surface area contributed by atoms with Crippen LogP contribution in [0.5, 0.6) is 0 Å². The van der Waals surface area contributed by atoms with Crippen molar-refractivity contribution in [3.05, 3.63) is 87.5 Å². The fourth-order valence-corrected chi connectivity index (χ4v) is 19.0. The van der Waals surface area contributed by atoms with Crippen LogP contribution in [-0.4, -0.2) is 15.0 Å². The lowest BCUT2D eigenvalue weighted by molar-refractivity contribution is 0.536. The van der Waals surface area contributed by atoms with Crippen molar-refractivity contribution in [2.75, 3.05) is 10.6 Å². The fourth-order valence-electron chi connectivity index (χ4n) is 19.0. The van der Waals surface area contributed by atoms with Crippen LogP contribution in [0.15, 0.2) is 48.5 Å². The summed E-state index contributed by atoms with van der Waals surface area (Å²) in [6.45, 7) is 16.3. The van der Waals surface area contributed by atoms with Crippen molar-refractivity contribution in [2.45, 2.75) is 594 Å². The van der Waals surface area contributed by atoms with Gasteiger partial charge in [-0.05, 0) is 147 Å². The quantitative estimate of drug-likeness (QED) is 0.0431. The Labute approximate surface area is 737 Å². The smallest absolute Gasteiger partial charge is 0.232 e. The maximum atomic E-state index is 5.49. The topological polar surface area (TPSA) is 62.7 Å². The van der Waals surface area contributed by atoms with Gasteiger partial charge in [0.05, 0.1) is 0 Å². The van der Waals surface area contributed by atoms with E-state index in [9.17, 15) is 0 Å². The molecule has 0 saturated carbocycles. The van der Waals surface area contributed by atoms with Crippen molar-refractivity contribution in [1.82, 2.24) is 15.0 Å². The number of benzene rings is 3. The Bertz CT molecular complexity index is 2530. The van der Waals surface area contributed by atoms with Gasteiger partial charge in [-0.15, -0.1) is 0 Å². The van der Waals surface area contributed by atoms with E-state index in [1.54, 1.807) is 33.4 Å². The first-order chi connectivity index (χ1) is 58.5. The molecule has 1 heterocycles. The predicted molar refractivity (Wildman–Crippen MR) is 530 cm³/mol. The van der Waals surface area contributed by atoms with Crippen molar-refractivity contribution < 1.29 is 0 Å². The summed E-state index contributed by atoms with van der Waals surface area (Å²) in [6.07, 6.45) is 117. The van der Waals surface area contributed by atoms with Crippen LogP contribution in [0.25, 0.3) is 11.4 Å². The van der Waals surface area contributed by atoms with Gasteiger partial charge in [0.15, 0.2) is 5.82 Å². The monoisotopic (exact) mass is 1630 g/mol. The zero-order valence-electron chi connectivity index (χ0n) is 80.6. The second-order valence-electron chi connectivity index (χ2n) is 38.1. The van der Waals surface area contributed by atoms with E-state index in [2.05, 4.69) is 108 Å². The summed E-state index contributed by atoms with van der Waals surface area (Å²) in [4.78, 5) is 16.4. The summed E-state index contributed by atoms with van der Waals surface area (Å²) < 4.78 is 0. The molecule has 4 aromatic rings. The average Bonchev–Trinajstić information content (AvgIpc) is 0.804. The zero-order chi connectivity index (χ0) is 83.8. The zero-order valence-corrected chi connectivity index (χ0v) is 80.6. The number of unbranched alkanes of at least 4 members (excludes halogenated alkanes) is 72. The first-order valence-corrected chi connectivity index (χ1v) is 54.1.